The molecule has 2 rings (SSSR count). The predicted molar refractivity (Wildman–Crippen MR) is 84.7 cm³/mol. The quantitative estimate of drug-likeness (QED) is 0.487. The Kier molecular flexibility index (Phi) is 5.28. The number of anilines is 1. The van der Waals surface area contributed by atoms with Crippen molar-refractivity contribution in [3.05, 3.63) is 64.0 Å². The first-order chi connectivity index (χ1) is 11.8. The molecule has 25 heavy (non-hydrogen) atoms. The van der Waals surface area contributed by atoms with Crippen LogP contribution in [0.1, 0.15) is 17.3 Å². The first-order valence-corrected chi connectivity index (χ1v) is 7.03. The number of nitro groups is 1. The van der Waals surface area contributed by atoms with E-state index in [-0.39, 0.29) is 17.0 Å². The molecule has 1 amide bonds. The predicted octanol–water partition coefficient (Wildman–Crippen LogP) is 2.62. The Morgan fingerprint density at radius 1 is 1.28 bits per heavy atom. The lowest BCUT2D eigenvalue weighted by atomic mass is 10.2. The molecule has 0 aromatic heterocycles. The normalized spacial score (nSPS) is 11.4. The number of phenolic OH excluding ortho intramolecular Hbond substituents is 1. The van der Waals surface area contributed by atoms with Crippen LogP contribution in [0.2, 0.25) is 0 Å². The second kappa shape index (κ2) is 7.39. The molecule has 0 heterocycles. The molecule has 2 aromatic rings. The monoisotopic (exact) mass is 348 g/mol. The SMILES string of the molecule is C[C@@H](OC(=O)c1ccccc1O)C(=O)Nc1ccc(F)c([N+](=O)[O-])c1. The highest BCUT2D eigenvalue weighted by Crippen LogP contribution is 2.22. The third kappa shape index (κ3) is 4.28. The van der Waals surface area contributed by atoms with Gasteiger partial charge in [-0.3, -0.25) is 14.9 Å². The lowest BCUT2D eigenvalue weighted by molar-refractivity contribution is -0.387. The highest BCUT2D eigenvalue weighted by atomic mass is 19.1. The van der Waals surface area contributed by atoms with Crippen molar-refractivity contribution in [1.82, 2.24) is 0 Å². The lowest BCUT2D eigenvalue weighted by Gasteiger charge is -2.14. The van der Waals surface area contributed by atoms with Gasteiger partial charge in [-0.2, -0.15) is 4.39 Å². The fourth-order valence-electron chi connectivity index (χ4n) is 1.90. The van der Waals surface area contributed by atoms with E-state index < -0.39 is 34.4 Å². The summed E-state index contributed by atoms with van der Waals surface area (Å²) in [6.45, 7) is 1.28. The zero-order chi connectivity index (χ0) is 18.6. The average Bonchev–Trinajstić information content (AvgIpc) is 2.56. The van der Waals surface area contributed by atoms with Gasteiger partial charge in [-0.1, -0.05) is 12.1 Å². The molecule has 0 spiro atoms. The van der Waals surface area contributed by atoms with Crippen LogP contribution >= 0.6 is 0 Å². The second-order valence-electron chi connectivity index (χ2n) is 4.98. The fourth-order valence-corrected chi connectivity index (χ4v) is 1.90. The average molecular weight is 348 g/mol. The molecule has 130 valence electrons. The Bertz CT molecular complexity index is 839. The first kappa shape index (κ1) is 17.9. The van der Waals surface area contributed by atoms with Gasteiger partial charge in [0.1, 0.15) is 11.3 Å². The minimum absolute atomic E-state index is 0.0245. The van der Waals surface area contributed by atoms with Gasteiger partial charge in [-0.25, -0.2) is 4.79 Å². The molecule has 9 heteroatoms. The summed E-state index contributed by atoms with van der Waals surface area (Å²) in [6, 6.07) is 8.47. The van der Waals surface area contributed by atoms with E-state index >= 15 is 0 Å². The summed E-state index contributed by atoms with van der Waals surface area (Å²) < 4.78 is 18.2. The van der Waals surface area contributed by atoms with E-state index in [0.717, 1.165) is 18.2 Å². The van der Waals surface area contributed by atoms with Crippen LogP contribution in [-0.4, -0.2) is 28.0 Å². The maximum atomic E-state index is 13.3. The first-order valence-electron chi connectivity index (χ1n) is 7.03. The number of amides is 1. The molecule has 2 aromatic carbocycles. The third-order valence-electron chi connectivity index (χ3n) is 3.19. The number of phenols is 1. The van der Waals surface area contributed by atoms with Gasteiger partial charge >= 0.3 is 11.7 Å². The number of hydrogen-bond acceptors (Lipinski definition) is 6. The van der Waals surface area contributed by atoms with E-state index in [1.165, 1.54) is 31.2 Å². The number of carbonyl (C=O) groups is 2. The number of rotatable bonds is 5. The van der Waals surface area contributed by atoms with Gasteiger partial charge < -0.3 is 15.2 Å². The molecule has 0 fully saturated rings. The summed E-state index contributed by atoms with van der Waals surface area (Å²) in [5, 5.41) is 22.5. The molecule has 0 saturated carbocycles. The molecule has 0 saturated heterocycles. The molecule has 1 atom stereocenters. The van der Waals surface area contributed by atoms with Gasteiger partial charge in [0.25, 0.3) is 5.91 Å². The molecule has 0 bridgehead atoms. The van der Waals surface area contributed by atoms with Crippen LogP contribution in [0.5, 0.6) is 5.75 Å². The summed E-state index contributed by atoms with van der Waals surface area (Å²) in [7, 11) is 0. The number of hydrogen-bond donors (Lipinski definition) is 2. The molecular formula is C16H13FN2O6. The van der Waals surface area contributed by atoms with E-state index in [0.29, 0.717) is 0 Å². The number of nitrogens with one attached hydrogen (secondary N) is 1. The van der Waals surface area contributed by atoms with Crippen LogP contribution in [0, 0.1) is 15.9 Å². The number of halogens is 1. The number of nitrogens with zero attached hydrogens (tertiary/aromatic N) is 1. The third-order valence-corrected chi connectivity index (χ3v) is 3.19. The molecular weight excluding hydrogens is 335 g/mol. The van der Waals surface area contributed by atoms with Crippen molar-refractivity contribution in [2.75, 3.05) is 5.32 Å². The van der Waals surface area contributed by atoms with Crippen LogP contribution in [0.4, 0.5) is 15.8 Å². The smallest absolute Gasteiger partial charge is 0.342 e. The minimum Gasteiger partial charge on any atom is -0.507 e. The van der Waals surface area contributed by atoms with Crippen molar-refractivity contribution in [3.8, 4) is 5.75 Å². The van der Waals surface area contributed by atoms with E-state index in [9.17, 15) is 29.2 Å². The zero-order valence-corrected chi connectivity index (χ0v) is 12.9. The Labute approximate surface area is 141 Å². The number of nitro benzene ring substituents is 1. The topological polar surface area (TPSA) is 119 Å². The molecule has 0 aliphatic heterocycles. The summed E-state index contributed by atoms with van der Waals surface area (Å²) in [4.78, 5) is 33.7. The molecule has 0 unspecified atom stereocenters. The van der Waals surface area contributed by atoms with E-state index in [1.54, 1.807) is 0 Å². The summed E-state index contributed by atoms with van der Waals surface area (Å²) in [6.07, 6.45) is -1.25. The van der Waals surface area contributed by atoms with E-state index in [1.807, 2.05) is 0 Å². The number of esters is 1. The van der Waals surface area contributed by atoms with Gasteiger partial charge in [0.2, 0.25) is 5.82 Å². The van der Waals surface area contributed by atoms with Gasteiger partial charge in [-0.05, 0) is 31.2 Å². The van der Waals surface area contributed by atoms with E-state index in [4.69, 9.17) is 4.74 Å². The van der Waals surface area contributed by atoms with Gasteiger partial charge in [0.05, 0.1) is 4.92 Å². The molecule has 8 nitrogen and oxygen atoms in total. The Morgan fingerprint density at radius 3 is 2.60 bits per heavy atom. The maximum Gasteiger partial charge on any atom is 0.342 e. The minimum atomic E-state index is -1.25. The number of aromatic hydroxyl groups is 1. The highest BCUT2D eigenvalue weighted by molar-refractivity contribution is 5.98. The van der Waals surface area contributed by atoms with Crippen LogP contribution in [0.25, 0.3) is 0 Å². The second-order valence-corrected chi connectivity index (χ2v) is 4.98. The van der Waals surface area contributed by atoms with Crippen molar-refractivity contribution in [2.24, 2.45) is 0 Å². The van der Waals surface area contributed by atoms with Crippen molar-refractivity contribution >= 4 is 23.3 Å². The lowest BCUT2D eigenvalue weighted by Crippen LogP contribution is -2.30. The van der Waals surface area contributed by atoms with Gasteiger partial charge in [0, 0.05) is 11.8 Å². The van der Waals surface area contributed by atoms with Gasteiger partial charge in [0.15, 0.2) is 6.10 Å². The highest BCUT2D eigenvalue weighted by Gasteiger charge is 2.22. The van der Waals surface area contributed by atoms with Crippen LogP contribution in [0.3, 0.4) is 0 Å². The Morgan fingerprint density at radius 2 is 1.96 bits per heavy atom. The largest absolute Gasteiger partial charge is 0.507 e. The van der Waals surface area contributed by atoms with Crippen LogP contribution in [-0.2, 0) is 9.53 Å². The van der Waals surface area contributed by atoms with Crippen molar-refractivity contribution in [2.45, 2.75) is 13.0 Å². The van der Waals surface area contributed by atoms with Gasteiger partial charge in [-0.15, -0.1) is 0 Å². The van der Waals surface area contributed by atoms with Crippen molar-refractivity contribution in [1.29, 1.82) is 0 Å². The van der Waals surface area contributed by atoms with Crippen molar-refractivity contribution < 1.29 is 28.7 Å². The molecule has 2 N–H and O–H groups in total. The van der Waals surface area contributed by atoms with Crippen LogP contribution < -0.4 is 5.32 Å². The fraction of sp³-hybridized carbons (Fsp3) is 0.125. The molecule has 0 radical (unpaired) electrons. The summed E-state index contributed by atoms with van der Waals surface area (Å²) >= 11 is 0. The maximum absolute atomic E-state index is 13.3. The Hall–Kier alpha value is -3.49. The number of ether oxygens (including phenoxy) is 1. The van der Waals surface area contributed by atoms with Crippen molar-refractivity contribution in [3.63, 3.8) is 0 Å². The molecule has 0 aliphatic carbocycles. The zero-order valence-electron chi connectivity index (χ0n) is 12.9. The number of benzene rings is 2. The summed E-state index contributed by atoms with van der Waals surface area (Å²) in [5.41, 5.74) is -0.931. The number of carbonyl (C=O) groups excluding carboxylic acids is 2. The molecule has 0 aliphatic rings. The Balaban J connectivity index is 2.06. The van der Waals surface area contributed by atoms with Crippen LogP contribution in [0.15, 0.2) is 42.5 Å². The summed E-state index contributed by atoms with van der Waals surface area (Å²) in [5.74, 6) is -3.02. The number of para-hydroxylation sites is 1. The van der Waals surface area contributed by atoms with E-state index in [2.05, 4.69) is 5.32 Å². The standard InChI is InChI=1S/C16H13FN2O6/c1-9(25-16(22)11-4-2-3-5-14(11)20)15(21)18-10-6-7-12(17)13(8-10)19(23)24/h2-9,20H,1H3,(H,18,21)/t9-/m1/s1.